The van der Waals surface area contributed by atoms with Crippen LogP contribution >= 0.6 is 0 Å². The lowest BCUT2D eigenvalue weighted by Crippen LogP contribution is -2.20. The molecule has 0 radical (unpaired) electrons. The van der Waals surface area contributed by atoms with Crippen molar-refractivity contribution < 1.29 is 9.47 Å². The van der Waals surface area contributed by atoms with E-state index in [1.807, 2.05) is 6.92 Å². The topological polar surface area (TPSA) is 18.5 Å². The van der Waals surface area contributed by atoms with Gasteiger partial charge in [-0.15, -0.1) is 0 Å². The van der Waals surface area contributed by atoms with Crippen LogP contribution in [0.3, 0.4) is 0 Å². The number of hydrogen-bond acceptors (Lipinski definition) is 2. The molecule has 0 amide bonds. The molecule has 1 rings (SSSR count). The van der Waals surface area contributed by atoms with Crippen molar-refractivity contribution in [3.63, 3.8) is 0 Å². The first-order chi connectivity index (χ1) is 6.63. The second-order valence-corrected chi connectivity index (χ2v) is 4.74. The Morgan fingerprint density at radius 3 is 2.71 bits per heavy atom. The Bertz CT molecular complexity index is 156. The van der Waals surface area contributed by atoms with Crippen LogP contribution in [-0.2, 0) is 9.47 Å². The Balaban J connectivity index is 2.33. The minimum atomic E-state index is 0.0637. The van der Waals surface area contributed by atoms with Crippen molar-refractivity contribution in [2.45, 2.75) is 59.4 Å². The molecule has 2 heteroatoms. The van der Waals surface area contributed by atoms with Crippen LogP contribution in [0.5, 0.6) is 0 Å². The van der Waals surface area contributed by atoms with Gasteiger partial charge in [0.1, 0.15) is 0 Å². The lowest BCUT2D eigenvalue weighted by Gasteiger charge is -2.18. The van der Waals surface area contributed by atoms with E-state index >= 15 is 0 Å². The molecule has 14 heavy (non-hydrogen) atoms. The van der Waals surface area contributed by atoms with E-state index in [2.05, 4.69) is 20.8 Å². The molecule has 1 aliphatic rings. The second-order valence-electron chi connectivity index (χ2n) is 4.74. The van der Waals surface area contributed by atoms with Gasteiger partial charge in [0.25, 0.3) is 0 Å². The highest BCUT2D eigenvalue weighted by molar-refractivity contribution is 4.75. The first-order valence-electron chi connectivity index (χ1n) is 5.90. The molecule has 1 aliphatic heterocycles. The number of ether oxygens (including phenoxy) is 2. The summed E-state index contributed by atoms with van der Waals surface area (Å²) >= 11 is 0. The summed E-state index contributed by atoms with van der Waals surface area (Å²) in [7, 11) is 0. The molecular formula is C12H24O2. The van der Waals surface area contributed by atoms with Crippen molar-refractivity contribution in [1.29, 1.82) is 0 Å². The van der Waals surface area contributed by atoms with Crippen LogP contribution in [0.25, 0.3) is 0 Å². The average molecular weight is 200 g/mol. The molecule has 84 valence electrons. The Hall–Kier alpha value is -0.0800. The molecule has 0 spiro atoms. The molecule has 0 aliphatic carbocycles. The normalized spacial score (nSPS) is 32.8. The zero-order valence-electron chi connectivity index (χ0n) is 9.95. The number of hydrogen-bond donors (Lipinski definition) is 0. The SMILES string of the molecule is CCOC1OC(C)CC1CCC(C)C. The standard InChI is InChI=1S/C12H24O2/c1-5-13-12-11(7-6-9(2)3)8-10(4)14-12/h9-12H,5-8H2,1-4H3. The fourth-order valence-corrected chi connectivity index (χ4v) is 2.07. The van der Waals surface area contributed by atoms with Crippen LogP contribution in [0.4, 0.5) is 0 Å². The smallest absolute Gasteiger partial charge is 0.160 e. The van der Waals surface area contributed by atoms with Gasteiger partial charge in [-0.2, -0.15) is 0 Å². The number of rotatable bonds is 5. The lowest BCUT2D eigenvalue weighted by molar-refractivity contribution is -0.144. The predicted molar refractivity (Wildman–Crippen MR) is 58.1 cm³/mol. The molecule has 1 fully saturated rings. The molecule has 0 N–H and O–H groups in total. The summed E-state index contributed by atoms with van der Waals surface area (Å²) in [6, 6.07) is 0. The third-order valence-corrected chi connectivity index (χ3v) is 2.83. The minimum Gasteiger partial charge on any atom is -0.353 e. The van der Waals surface area contributed by atoms with Gasteiger partial charge in [0.05, 0.1) is 6.10 Å². The molecule has 2 nitrogen and oxygen atoms in total. The summed E-state index contributed by atoms with van der Waals surface area (Å²) in [5.41, 5.74) is 0. The maximum Gasteiger partial charge on any atom is 0.160 e. The fourth-order valence-electron chi connectivity index (χ4n) is 2.07. The molecule has 1 heterocycles. The lowest BCUT2D eigenvalue weighted by atomic mass is 9.95. The highest BCUT2D eigenvalue weighted by Gasteiger charge is 2.32. The predicted octanol–water partition coefficient (Wildman–Crippen LogP) is 3.21. The first-order valence-corrected chi connectivity index (χ1v) is 5.90. The Morgan fingerprint density at radius 2 is 2.14 bits per heavy atom. The van der Waals surface area contributed by atoms with Crippen LogP contribution in [0.1, 0.15) is 47.0 Å². The van der Waals surface area contributed by atoms with Gasteiger partial charge in [-0.25, -0.2) is 0 Å². The molecule has 0 saturated carbocycles. The van der Waals surface area contributed by atoms with E-state index in [9.17, 15) is 0 Å². The molecule has 0 aromatic rings. The van der Waals surface area contributed by atoms with Gasteiger partial charge >= 0.3 is 0 Å². The average Bonchev–Trinajstić information content (AvgIpc) is 2.44. The van der Waals surface area contributed by atoms with E-state index < -0.39 is 0 Å². The van der Waals surface area contributed by atoms with Gasteiger partial charge < -0.3 is 9.47 Å². The third kappa shape index (κ3) is 3.58. The summed E-state index contributed by atoms with van der Waals surface area (Å²) in [5, 5.41) is 0. The first kappa shape index (κ1) is 12.0. The highest BCUT2D eigenvalue weighted by atomic mass is 16.7. The second kappa shape index (κ2) is 5.72. The molecule has 0 aromatic heterocycles. The van der Waals surface area contributed by atoms with Crippen molar-refractivity contribution in [3.05, 3.63) is 0 Å². The van der Waals surface area contributed by atoms with E-state index in [0.29, 0.717) is 12.0 Å². The summed E-state index contributed by atoms with van der Waals surface area (Å²) in [6.45, 7) is 9.48. The highest BCUT2D eigenvalue weighted by Crippen LogP contribution is 2.31. The molecule has 3 unspecified atom stereocenters. The van der Waals surface area contributed by atoms with E-state index in [1.165, 1.54) is 12.8 Å². The van der Waals surface area contributed by atoms with Crippen molar-refractivity contribution >= 4 is 0 Å². The van der Waals surface area contributed by atoms with Gasteiger partial charge in [0.15, 0.2) is 6.29 Å². The van der Waals surface area contributed by atoms with Crippen molar-refractivity contribution in [2.75, 3.05) is 6.61 Å². The van der Waals surface area contributed by atoms with Gasteiger partial charge in [-0.3, -0.25) is 0 Å². The summed E-state index contributed by atoms with van der Waals surface area (Å²) in [4.78, 5) is 0. The molecule has 3 atom stereocenters. The van der Waals surface area contributed by atoms with Crippen molar-refractivity contribution in [3.8, 4) is 0 Å². The van der Waals surface area contributed by atoms with Crippen LogP contribution < -0.4 is 0 Å². The molecule has 0 aromatic carbocycles. The maximum absolute atomic E-state index is 5.72. The monoisotopic (exact) mass is 200 g/mol. The van der Waals surface area contributed by atoms with Crippen molar-refractivity contribution in [1.82, 2.24) is 0 Å². The zero-order chi connectivity index (χ0) is 10.6. The molecule has 1 saturated heterocycles. The summed E-state index contributed by atoms with van der Waals surface area (Å²) < 4.78 is 11.3. The fraction of sp³-hybridized carbons (Fsp3) is 1.00. The van der Waals surface area contributed by atoms with Crippen molar-refractivity contribution in [2.24, 2.45) is 11.8 Å². The Kier molecular flexibility index (Phi) is 4.90. The third-order valence-electron chi connectivity index (χ3n) is 2.83. The Labute approximate surface area is 88.0 Å². The largest absolute Gasteiger partial charge is 0.353 e. The van der Waals surface area contributed by atoms with Gasteiger partial charge in [-0.1, -0.05) is 20.3 Å². The summed E-state index contributed by atoms with van der Waals surface area (Å²) in [6.07, 6.45) is 4.13. The Morgan fingerprint density at radius 1 is 1.43 bits per heavy atom. The maximum atomic E-state index is 5.72. The minimum absolute atomic E-state index is 0.0637. The van der Waals surface area contributed by atoms with Crippen LogP contribution in [-0.4, -0.2) is 19.0 Å². The zero-order valence-corrected chi connectivity index (χ0v) is 9.95. The van der Waals surface area contributed by atoms with E-state index in [0.717, 1.165) is 18.9 Å². The van der Waals surface area contributed by atoms with Crippen LogP contribution in [0.2, 0.25) is 0 Å². The van der Waals surface area contributed by atoms with Gasteiger partial charge in [0.2, 0.25) is 0 Å². The van der Waals surface area contributed by atoms with E-state index in [-0.39, 0.29) is 6.29 Å². The van der Waals surface area contributed by atoms with Gasteiger partial charge in [-0.05, 0) is 32.6 Å². The van der Waals surface area contributed by atoms with Crippen LogP contribution in [0.15, 0.2) is 0 Å². The molecular weight excluding hydrogens is 176 g/mol. The van der Waals surface area contributed by atoms with E-state index in [4.69, 9.17) is 9.47 Å². The van der Waals surface area contributed by atoms with E-state index in [1.54, 1.807) is 0 Å². The van der Waals surface area contributed by atoms with Gasteiger partial charge in [0, 0.05) is 12.5 Å². The van der Waals surface area contributed by atoms with Crippen LogP contribution in [0, 0.1) is 11.8 Å². The summed E-state index contributed by atoms with van der Waals surface area (Å²) in [5.74, 6) is 1.40. The molecule has 0 bridgehead atoms. The quantitative estimate of drug-likeness (QED) is 0.678.